The van der Waals surface area contributed by atoms with Crippen LogP contribution in [-0.2, 0) is 17.8 Å². The summed E-state index contributed by atoms with van der Waals surface area (Å²) in [5, 5.41) is 11.2. The molecule has 22 heavy (non-hydrogen) atoms. The first kappa shape index (κ1) is 15.1. The van der Waals surface area contributed by atoms with Crippen LogP contribution in [-0.4, -0.2) is 38.7 Å². The van der Waals surface area contributed by atoms with Crippen LogP contribution in [0.5, 0.6) is 0 Å². The Hall–Kier alpha value is -1.86. The Bertz CT molecular complexity index is 692. The van der Waals surface area contributed by atoms with Gasteiger partial charge < -0.3 is 15.6 Å². The highest BCUT2D eigenvalue weighted by Crippen LogP contribution is 2.20. The summed E-state index contributed by atoms with van der Waals surface area (Å²) in [6.45, 7) is 5.64. The molecule has 8 heteroatoms. The maximum Gasteiger partial charge on any atom is 0.243 e. The third-order valence-electron chi connectivity index (χ3n) is 3.93. The Morgan fingerprint density at radius 1 is 1.55 bits per heavy atom. The third kappa shape index (κ3) is 2.74. The number of hydrogen-bond acceptors (Lipinski definition) is 4. The molecule has 0 radical (unpaired) electrons. The van der Waals surface area contributed by atoms with E-state index in [-0.39, 0.29) is 11.9 Å². The molecule has 1 aliphatic rings. The van der Waals surface area contributed by atoms with Crippen LogP contribution in [0.1, 0.15) is 28.8 Å². The van der Waals surface area contributed by atoms with Gasteiger partial charge >= 0.3 is 0 Å². The van der Waals surface area contributed by atoms with Crippen molar-refractivity contribution in [2.45, 2.75) is 32.9 Å². The van der Waals surface area contributed by atoms with Gasteiger partial charge in [0.15, 0.2) is 0 Å². The predicted molar refractivity (Wildman–Crippen MR) is 82.8 cm³/mol. The number of aryl methyl sites for hydroxylation is 1. The molecule has 0 saturated carbocycles. The molecule has 1 amide bonds. The quantitative estimate of drug-likeness (QED) is 0.780. The summed E-state index contributed by atoms with van der Waals surface area (Å²) in [5.74, 6) is -0.0688. The van der Waals surface area contributed by atoms with Crippen LogP contribution < -0.4 is 10.6 Å². The molecule has 3 heterocycles. The summed E-state index contributed by atoms with van der Waals surface area (Å²) in [6, 6.07) is -0.390. The molecule has 0 aromatic carbocycles. The molecule has 3 rings (SSSR count). The Kier molecular flexibility index (Phi) is 4.17. The highest BCUT2D eigenvalue weighted by Gasteiger charge is 2.28. The number of halogens is 1. The Morgan fingerprint density at radius 2 is 2.36 bits per heavy atom. The minimum atomic E-state index is -0.390. The number of aromatic amines is 1. The molecular formula is C14H19ClN6O. The zero-order chi connectivity index (χ0) is 15.7. The Labute approximate surface area is 133 Å². The van der Waals surface area contributed by atoms with Gasteiger partial charge in [0.2, 0.25) is 5.91 Å². The number of nitrogens with zero attached hydrogens (tertiary/aromatic N) is 3. The van der Waals surface area contributed by atoms with Crippen LogP contribution in [0.2, 0.25) is 5.02 Å². The van der Waals surface area contributed by atoms with Crippen LogP contribution in [0, 0.1) is 13.8 Å². The molecule has 2 aromatic rings. The van der Waals surface area contributed by atoms with Crippen LogP contribution in [0.15, 0.2) is 6.33 Å². The number of amides is 1. The minimum absolute atomic E-state index is 0.0688. The number of nitrogens with one attached hydrogen (secondary N) is 3. The van der Waals surface area contributed by atoms with Crippen molar-refractivity contribution < 1.29 is 4.79 Å². The second-order valence-electron chi connectivity index (χ2n) is 5.40. The fourth-order valence-corrected chi connectivity index (χ4v) is 2.85. The number of carbonyl (C=O) groups excluding carboxylic acids is 1. The van der Waals surface area contributed by atoms with Gasteiger partial charge in [0.1, 0.15) is 6.04 Å². The van der Waals surface area contributed by atoms with Crippen LogP contribution in [0.3, 0.4) is 0 Å². The summed E-state index contributed by atoms with van der Waals surface area (Å²) < 4.78 is 1.81. The maximum atomic E-state index is 12.3. The average Bonchev–Trinajstić information content (AvgIpc) is 3.08. The van der Waals surface area contributed by atoms with Gasteiger partial charge in [-0.15, -0.1) is 0 Å². The first-order chi connectivity index (χ1) is 10.6. The molecule has 0 unspecified atom stereocenters. The molecular weight excluding hydrogens is 304 g/mol. The number of aromatic nitrogens is 4. The lowest BCUT2D eigenvalue weighted by Gasteiger charge is -2.22. The molecule has 1 atom stereocenters. The second kappa shape index (κ2) is 6.10. The van der Waals surface area contributed by atoms with Crippen LogP contribution in [0.4, 0.5) is 0 Å². The van der Waals surface area contributed by atoms with Gasteiger partial charge in [-0.25, -0.2) is 4.98 Å². The molecule has 7 nitrogen and oxygen atoms in total. The number of fused-ring (bicyclic) bond motifs is 1. The lowest BCUT2D eigenvalue weighted by Crippen LogP contribution is -2.42. The number of hydrogen-bond donors (Lipinski definition) is 3. The summed E-state index contributed by atoms with van der Waals surface area (Å²) >= 11 is 6.11. The standard InChI is InChI=1S/C14H19ClN6O/c1-8-11(15)9(2)21(20-8)6-5-17-14(22)13-12-10(3-4-16-13)18-7-19-12/h7,13,16H,3-6H2,1-2H3,(H,17,22)(H,18,19)/t13-/m0/s1. The van der Waals surface area contributed by atoms with Crippen LogP contribution in [0.25, 0.3) is 0 Å². The minimum Gasteiger partial charge on any atom is -0.353 e. The normalized spacial score (nSPS) is 17.3. The largest absolute Gasteiger partial charge is 0.353 e. The summed E-state index contributed by atoms with van der Waals surface area (Å²) in [7, 11) is 0. The Balaban J connectivity index is 1.59. The van der Waals surface area contributed by atoms with E-state index in [1.807, 2.05) is 18.5 Å². The third-order valence-corrected chi connectivity index (χ3v) is 4.47. The van der Waals surface area contributed by atoms with Gasteiger partial charge in [-0.05, 0) is 13.8 Å². The van der Waals surface area contributed by atoms with Crippen LogP contribution >= 0.6 is 11.6 Å². The zero-order valence-electron chi connectivity index (χ0n) is 12.6. The molecule has 3 N–H and O–H groups in total. The van der Waals surface area contributed by atoms with E-state index in [1.165, 1.54) is 0 Å². The second-order valence-corrected chi connectivity index (χ2v) is 5.78. The smallest absolute Gasteiger partial charge is 0.243 e. The van der Waals surface area contributed by atoms with Gasteiger partial charge in [-0.3, -0.25) is 9.48 Å². The van der Waals surface area contributed by atoms with Gasteiger partial charge in [0, 0.05) is 25.2 Å². The summed E-state index contributed by atoms with van der Waals surface area (Å²) in [5.41, 5.74) is 3.54. The molecule has 0 aliphatic carbocycles. The number of rotatable bonds is 4. The van der Waals surface area contributed by atoms with E-state index in [4.69, 9.17) is 11.6 Å². The van der Waals surface area contributed by atoms with Crippen molar-refractivity contribution in [1.82, 2.24) is 30.4 Å². The average molecular weight is 323 g/mol. The highest BCUT2D eigenvalue weighted by atomic mass is 35.5. The van der Waals surface area contributed by atoms with Crippen molar-refractivity contribution >= 4 is 17.5 Å². The van der Waals surface area contributed by atoms with E-state index in [0.29, 0.717) is 18.1 Å². The SMILES string of the molecule is Cc1nn(CCNC(=O)[C@H]2NCCc3[nH]cnc32)c(C)c1Cl. The van der Waals surface area contributed by atoms with Gasteiger partial charge in [0.05, 0.1) is 35.0 Å². The highest BCUT2D eigenvalue weighted by molar-refractivity contribution is 6.31. The number of carbonyl (C=O) groups is 1. The summed E-state index contributed by atoms with van der Waals surface area (Å²) in [6.07, 6.45) is 2.50. The van der Waals surface area contributed by atoms with Crippen molar-refractivity contribution in [2.75, 3.05) is 13.1 Å². The maximum absolute atomic E-state index is 12.3. The fraction of sp³-hybridized carbons (Fsp3) is 0.500. The lowest BCUT2D eigenvalue weighted by atomic mass is 10.1. The molecule has 0 spiro atoms. The van der Waals surface area contributed by atoms with Crippen molar-refractivity contribution in [3.63, 3.8) is 0 Å². The first-order valence-electron chi connectivity index (χ1n) is 7.30. The van der Waals surface area contributed by atoms with E-state index < -0.39 is 0 Å². The molecule has 118 valence electrons. The zero-order valence-corrected chi connectivity index (χ0v) is 13.4. The first-order valence-corrected chi connectivity index (χ1v) is 7.68. The van der Waals surface area contributed by atoms with E-state index in [1.54, 1.807) is 6.33 Å². The van der Waals surface area contributed by atoms with Crippen molar-refractivity contribution in [1.29, 1.82) is 0 Å². The Morgan fingerprint density at radius 3 is 3.09 bits per heavy atom. The van der Waals surface area contributed by atoms with Crippen molar-refractivity contribution in [3.05, 3.63) is 34.1 Å². The van der Waals surface area contributed by atoms with Gasteiger partial charge in [-0.1, -0.05) is 11.6 Å². The number of H-pyrrole nitrogens is 1. The topological polar surface area (TPSA) is 87.6 Å². The van der Waals surface area contributed by atoms with E-state index >= 15 is 0 Å². The fourth-order valence-electron chi connectivity index (χ4n) is 2.72. The molecule has 0 bridgehead atoms. The van der Waals surface area contributed by atoms with E-state index in [2.05, 4.69) is 25.7 Å². The van der Waals surface area contributed by atoms with E-state index in [9.17, 15) is 4.79 Å². The molecule has 1 aliphatic heterocycles. The molecule has 0 fully saturated rings. The summed E-state index contributed by atoms with van der Waals surface area (Å²) in [4.78, 5) is 19.6. The van der Waals surface area contributed by atoms with Crippen molar-refractivity contribution in [2.24, 2.45) is 0 Å². The monoisotopic (exact) mass is 322 g/mol. The number of imidazole rings is 1. The lowest BCUT2D eigenvalue weighted by molar-refractivity contribution is -0.123. The van der Waals surface area contributed by atoms with Gasteiger partial charge in [0.25, 0.3) is 0 Å². The van der Waals surface area contributed by atoms with E-state index in [0.717, 1.165) is 35.7 Å². The molecule has 2 aromatic heterocycles. The van der Waals surface area contributed by atoms with Gasteiger partial charge in [-0.2, -0.15) is 5.10 Å². The predicted octanol–water partition coefficient (Wildman–Crippen LogP) is 0.880. The van der Waals surface area contributed by atoms with Crippen molar-refractivity contribution in [3.8, 4) is 0 Å². The molecule has 0 saturated heterocycles.